The Bertz CT molecular complexity index is 1180. The lowest BCUT2D eigenvalue weighted by Gasteiger charge is -2.40. The second-order valence-corrected chi connectivity index (χ2v) is 10.9. The Kier molecular flexibility index (Phi) is 7.43. The number of likely N-dealkylation sites (tertiary alicyclic amines) is 1. The summed E-state index contributed by atoms with van der Waals surface area (Å²) in [7, 11) is 0. The predicted octanol–water partition coefficient (Wildman–Crippen LogP) is 6.99. The molecule has 36 heavy (non-hydrogen) atoms. The quantitative estimate of drug-likeness (QED) is 0.350. The van der Waals surface area contributed by atoms with Crippen LogP contribution in [-0.2, 0) is 16.7 Å². The van der Waals surface area contributed by atoms with Crippen molar-refractivity contribution in [2.45, 2.75) is 51.7 Å². The van der Waals surface area contributed by atoms with E-state index in [0.29, 0.717) is 17.1 Å². The zero-order valence-corrected chi connectivity index (χ0v) is 21.4. The van der Waals surface area contributed by atoms with Gasteiger partial charge in [0.25, 0.3) is 0 Å². The molecule has 0 spiro atoms. The maximum Gasteiger partial charge on any atom is 0.416 e. The lowest BCUT2D eigenvalue weighted by atomic mass is 9.80. The molecule has 3 aromatic rings. The smallest absolute Gasteiger partial charge is 0.383 e. The van der Waals surface area contributed by atoms with Crippen LogP contribution in [0.5, 0.6) is 0 Å². The van der Waals surface area contributed by atoms with E-state index in [1.807, 2.05) is 37.8 Å². The van der Waals surface area contributed by atoms with E-state index in [4.69, 9.17) is 4.74 Å². The minimum absolute atomic E-state index is 0.00729. The van der Waals surface area contributed by atoms with Crippen LogP contribution < -0.4 is 5.32 Å². The van der Waals surface area contributed by atoms with Gasteiger partial charge in [0.1, 0.15) is 0 Å². The van der Waals surface area contributed by atoms with Gasteiger partial charge in [0.05, 0.1) is 5.41 Å². The van der Waals surface area contributed by atoms with Crippen molar-refractivity contribution in [3.63, 3.8) is 0 Å². The van der Waals surface area contributed by atoms with Crippen LogP contribution in [0.15, 0.2) is 60.8 Å². The zero-order valence-electron chi connectivity index (χ0n) is 20.6. The van der Waals surface area contributed by atoms with Crippen LogP contribution in [0.2, 0.25) is 0 Å². The highest BCUT2D eigenvalue weighted by atomic mass is 32.1. The number of hydrogen-bond donors (Lipinski definition) is 1. The number of ether oxygens (including phenoxy) is 1. The van der Waals surface area contributed by atoms with E-state index in [1.165, 1.54) is 6.07 Å². The monoisotopic (exact) mass is 517 g/mol. The number of aromatic nitrogens is 1. The molecule has 2 aromatic heterocycles. The van der Waals surface area contributed by atoms with Crippen LogP contribution in [0.3, 0.4) is 0 Å². The van der Waals surface area contributed by atoms with Crippen molar-refractivity contribution >= 4 is 23.1 Å². The van der Waals surface area contributed by atoms with E-state index in [9.17, 15) is 9.18 Å². The third-order valence-electron chi connectivity index (χ3n) is 7.10. The van der Waals surface area contributed by atoms with Gasteiger partial charge in [-0.15, -0.1) is 11.3 Å². The van der Waals surface area contributed by atoms with Crippen LogP contribution in [0, 0.1) is 17.5 Å². The Hall–Kier alpha value is -2.91. The van der Waals surface area contributed by atoms with E-state index in [1.54, 1.807) is 42.6 Å². The number of nitrogens with zero attached hydrogens (tertiary/aromatic N) is 2. The molecule has 4 rings (SSSR count). The summed E-state index contributed by atoms with van der Waals surface area (Å²) >= 11 is 0.947. The summed E-state index contributed by atoms with van der Waals surface area (Å²) in [6, 6.07) is 15.1. The Morgan fingerprint density at radius 1 is 1.17 bits per heavy atom. The van der Waals surface area contributed by atoms with Gasteiger partial charge >= 0.3 is 12.2 Å². The molecule has 1 atom stereocenters. The molecule has 1 aliphatic heterocycles. The Morgan fingerprint density at radius 3 is 2.56 bits per heavy atom. The third kappa shape index (κ3) is 5.57. The van der Waals surface area contributed by atoms with Gasteiger partial charge in [0.2, 0.25) is 0 Å². The maximum atomic E-state index is 15.9. The van der Waals surface area contributed by atoms with Crippen molar-refractivity contribution in [3.8, 4) is 0 Å². The number of hydrogen-bond acceptors (Lipinski definition) is 5. The number of aryl methyl sites for hydroxylation is 2. The second kappa shape index (κ2) is 10.2. The molecular weight excluding hydrogens is 487 g/mol. The fourth-order valence-electron chi connectivity index (χ4n) is 4.69. The summed E-state index contributed by atoms with van der Waals surface area (Å²) in [5, 5.41) is 2.02. The largest absolute Gasteiger partial charge is 0.416 e. The molecule has 9 heteroatoms. The zero-order chi connectivity index (χ0) is 26.0. The van der Waals surface area contributed by atoms with Crippen LogP contribution in [0.1, 0.15) is 42.8 Å². The summed E-state index contributed by atoms with van der Waals surface area (Å²) in [6.07, 6.45) is -2.78. The first kappa shape index (κ1) is 26.2. The van der Waals surface area contributed by atoms with Crippen LogP contribution in [0.4, 0.5) is 23.7 Å². The van der Waals surface area contributed by atoms with Gasteiger partial charge in [-0.2, -0.15) is 13.2 Å². The summed E-state index contributed by atoms with van der Waals surface area (Å²) in [5.74, 6) is 0. The van der Waals surface area contributed by atoms with Gasteiger partial charge in [-0.25, -0.2) is 4.79 Å². The molecule has 3 heterocycles. The minimum atomic E-state index is -3.75. The molecule has 192 valence electrons. The molecule has 5 nitrogen and oxygen atoms in total. The lowest BCUT2D eigenvalue weighted by molar-refractivity contribution is -0.272. The molecule has 0 bridgehead atoms. The SMILES string of the molecule is Cc1ccc(C(C)(C)N2CC[C@@](CCc3ccc(F)s3)(C(F)(F)OC(=O)Nc3ccccc3)C2)cn1. The highest BCUT2D eigenvalue weighted by Gasteiger charge is 2.61. The van der Waals surface area contributed by atoms with E-state index < -0.39 is 23.2 Å². The molecule has 1 saturated heterocycles. The van der Waals surface area contributed by atoms with Gasteiger partial charge < -0.3 is 4.74 Å². The van der Waals surface area contributed by atoms with Crippen molar-refractivity contribution in [3.05, 3.63) is 82.1 Å². The third-order valence-corrected chi connectivity index (χ3v) is 8.03. The maximum absolute atomic E-state index is 15.9. The first-order valence-electron chi connectivity index (χ1n) is 11.9. The van der Waals surface area contributed by atoms with Gasteiger partial charge in [-0.1, -0.05) is 24.3 Å². The van der Waals surface area contributed by atoms with E-state index in [2.05, 4.69) is 10.3 Å². The number of carbonyl (C=O) groups excluding carboxylic acids is 1. The number of pyridine rings is 1. The molecule has 1 aromatic carbocycles. The van der Waals surface area contributed by atoms with Crippen LogP contribution in [-0.4, -0.2) is 35.2 Å². The number of para-hydroxylation sites is 1. The van der Waals surface area contributed by atoms with Gasteiger partial charge in [0.15, 0.2) is 5.13 Å². The number of amides is 1. The molecular formula is C27H30F3N3O2S. The average molecular weight is 518 g/mol. The van der Waals surface area contributed by atoms with Crippen molar-refractivity contribution in [2.24, 2.45) is 5.41 Å². The van der Waals surface area contributed by atoms with Crippen molar-refractivity contribution in [1.29, 1.82) is 0 Å². The number of halogens is 3. The topological polar surface area (TPSA) is 54.5 Å². The average Bonchev–Trinajstić information content (AvgIpc) is 3.46. The Labute approximate surface area is 213 Å². The minimum Gasteiger partial charge on any atom is -0.383 e. The van der Waals surface area contributed by atoms with Gasteiger partial charge in [-0.3, -0.25) is 15.2 Å². The first-order chi connectivity index (χ1) is 17.0. The standard InChI is InChI=1S/C27H30F3N3O2S/c1-19-9-10-20(17-31-19)25(2,3)33-16-15-26(18-33,14-13-22-11-12-23(28)36-22)27(29,30)35-24(34)32-21-7-5-4-6-8-21/h4-12,17H,13-16,18H2,1-3H3,(H,32,34)/t26-/m1/s1. The number of thiophene rings is 1. The molecule has 0 aliphatic carbocycles. The van der Waals surface area contributed by atoms with Crippen LogP contribution >= 0.6 is 11.3 Å². The fourth-order valence-corrected chi connectivity index (χ4v) is 5.41. The summed E-state index contributed by atoms with van der Waals surface area (Å²) in [4.78, 5) is 19.5. The normalized spacial score (nSPS) is 18.8. The summed E-state index contributed by atoms with van der Waals surface area (Å²) in [5.41, 5.74) is -0.0628. The molecule has 0 radical (unpaired) electrons. The summed E-state index contributed by atoms with van der Waals surface area (Å²) < 4.78 is 50.1. The molecule has 1 N–H and O–H groups in total. The van der Waals surface area contributed by atoms with E-state index in [0.717, 1.165) is 22.6 Å². The number of anilines is 1. The highest BCUT2D eigenvalue weighted by molar-refractivity contribution is 7.10. The van der Waals surface area contributed by atoms with E-state index >= 15 is 8.78 Å². The molecule has 1 fully saturated rings. The number of alkyl halides is 2. The van der Waals surface area contributed by atoms with Crippen LogP contribution in [0.25, 0.3) is 0 Å². The Balaban J connectivity index is 1.57. The lowest BCUT2D eigenvalue weighted by Crippen LogP contribution is -2.49. The molecule has 0 saturated carbocycles. The number of carbonyl (C=O) groups is 1. The predicted molar refractivity (Wildman–Crippen MR) is 135 cm³/mol. The van der Waals surface area contributed by atoms with E-state index in [-0.39, 0.29) is 30.9 Å². The van der Waals surface area contributed by atoms with Gasteiger partial charge in [0, 0.05) is 34.5 Å². The summed E-state index contributed by atoms with van der Waals surface area (Å²) in [6.45, 7) is 6.24. The molecule has 1 amide bonds. The van der Waals surface area contributed by atoms with Gasteiger partial charge in [-0.05, 0) is 82.5 Å². The second-order valence-electron chi connectivity index (χ2n) is 9.80. The number of nitrogens with one attached hydrogen (secondary N) is 1. The van der Waals surface area contributed by atoms with Crippen molar-refractivity contribution < 1.29 is 22.7 Å². The van der Waals surface area contributed by atoms with Crippen molar-refractivity contribution in [2.75, 3.05) is 18.4 Å². The number of rotatable bonds is 8. The molecule has 0 unspecified atom stereocenters. The Morgan fingerprint density at radius 2 is 1.92 bits per heavy atom. The molecule has 1 aliphatic rings. The number of benzene rings is 1. The fraction of sp³-hybridized carbons (Fsp3) is 0.407. The van der Waals surface area contributed by atoms with Crippen molar-refractivity contribution in [1.82, 2.24) is 9.88 Å². The first-order valence-corrected chi connectivity index (χ1v) is 12.7. The highest BCUT2D eigenvalue weighted by Crippen LogP contribution is 2.51.